The number of hydrogen-bond acceptors (Lipinski definition) is 3. The molecule has 2 fully saturated rings. The molecule has 2 atom stereocenters. The third-order valence-corrected chi connectivity index (χ3v) is 5.44. The van der Waals surface area contributed by atoms with Gasteiger partial charge in [-0.25, -0.2) is 0 Å². The molecule has 2 saturated heterocycles. The van der Waals surface area contributed by atoms with Crippen molar-refractivity contribution in [3.63, 3.8) is 0 Å². The van der Waals surface area contributed by atoms with Crippen LogP contribution in [0.1, 0.15) is 40.5 Å². The standard InChI is InChI=1S/C20H41N5.HI/c1-6-21-20(25-8-7-19(16-25)13-17(2)3)22-14-18(4)15-24-11-9-23(5)10-12-24;/h17-19H,6-16H2,1-5H3,(H,21,22);1H. The Morgan fingerprint density at radius 3 is 2.42 bits per heavy atom. The first-order valence-corrected chi connectivity index (χ1v) is 10.4. The van der Waals surface area contributed by atoms with E-state index in [4.69, 9.17) is 4.99 Å². The van der Waals surface area contributed by atoms with E-state index in [1.165, 1.54) is 52.1 Å². The Kier molecular flexibility index (Phi) is 11.4. The first-order chi connectivity index (χ1) is 12.0. The molecule has 6 heteroatoms. The minimum atomic E-state index is 0. The number of halogens is 1. The Labute approximate surface area is 179 Å². The number of nitrogens with zero attached hydrogens (tertiary/aromatic N) is 4. The molecular weight excluding hydrogens is 437 g/mol. The van der Waals surface area contributed by atoms with Crippen LogP contribution >= 0.6 is 24.0 Å². The lowest BCUT2D eigenvalue weighted by Crippen LogP contribution is -2.46. The number of aliphatic imine (C=N–C) groups is 1. The van der Waals surface area contributed by atoms with Crippen molar-refractivity contribution in [2.75, 3.05) is 66.0 Å². The van der Waals surface area contributed by atoms with Gasteiger partial charge in [0.25, 0.3) is 0 Å². The highest BCUT2D eigenvalue weighted by atomic mass is 127. The monoisotopic (exact) mass is 479 g/mol. The number of likely N-dealkylation sites (tertiary alicyclic amines) is 1. The smallest absolute Gasteiger partial charge is 0.193 e. The lowest BCUT2D eigenvalue weighted by atomic mass is 9.97. The first-order valence-electron chi connectivity index (χ1n) is 10.4. The molecule has 2 rings (SSSR count). The van der Waals surface area contributed by atoms with Gasteiger partial charge in [0.05, 0.1) is 0 Å². The summed E-state index contributed by atoms with van der Waals surface area (Å²) in [5.41, 5.74) is 0. The van der Waals surface area contributed by atoms with Crippen molar-refractivity contribution in [2.45, 2.75) is 40.5 Å². The van der Waals surface area contributed by atoms with E-state index in [2.05, 4.69) is 54.8 Å². The summed E-state index contributed by atoms with van der Waals surface area (Å²) in [7, 11) is 2.22. The average Bonchev–Trinajstić information content (AvgIpc) is 3.01. The highest BCUT2D eigenvalue weighted by Gasteiger charge is 2.25. The van der Waals surface area contributed by atoms with Gasteiger partial charge in [0.2, 0.25) is 0 Å². The van der Waals surface area contributed by atoms with E-state index >= 15 is 0 Å². The SMILES string of the molecule is CCNC(=NCC(C)CN1CCN(C)CC1)N1CCC(CC(C)C)C1.I. The normalized spacial score (nSPS) is 24.0. The van der Waals surface area contributed by atoms with E-state index in [-0.39, 0.29) is 24.0 Å². The van der Waals surface area contributed by atoms with Crippen LogP contribution in [0.5, 0.6) is 0 Å². The molecule has 0 radical (unpaired) electrons. The zero-order valence-electron chi connectivity index (χ0n) is 17.7. The second-order valence-corrected chi connectivity index (χ2v) is 8.63. The third-order valence-electron chi connectivity index (χ3n) is 5.44. The van der Waals surface area contributed by atoms with Crippen molar-refractivity contribution in [2.24, 2.45) is 22.7 Å². The summed E-state index contributed by atoms with van der Waals surface area (Å²) in [4.78, 5) is 12.5. The van der Waals surface area contributed by atoms with Gasteiger partial charge < -0.3 is 20.0 Å². The van der Waals surface area contributed by atoms with Crippen molar-refractivity contribution in [1.29, 1.82) is 0 Å². The van der Waals surface area contributed by atoms with Crippen LogP contribution in [0, 0.1) is 17.8 Å². The summed E-state index contributed by atoms with van der Waals surface area (Å²) in [5, 5.41) is 3.52. The van der Waals surface area contributed by atoms with Crippen LogP contribution < -0.4 is 5.32 Å². The summed E-state index contributed by atoms with van der Waals surface area (Å²) in [6, 6.07) is 0. The van der Waals surface area contributed by atoms with E-state index in [9.17, 15) is 0 Å². The topological polar surface area (TPSA) is 34.1 Å². The van der Waals surface area contributed by atoms with Gasteiger partial charge in [0.1, 0.15) is 0 Å². The molecule has 1 N–H and O–H groups in total. The molecule has 26 heavy (non-hydrogen) atoms. The Morgan fingerprint density at radius 2 is 1.81 bits per heavy atom. The van der Waals surface area contributed by atoms with Gasteiger partial charge in [-0.2, -0.15) is 0 Å². The minimum Gasteiger partial charge on any atom is -0.357 e. The summed E-state index contributed by atoms with van der Waals surface area (Å²) >= 11 is 0. The largest absolute Gasteiger partial charge is 0.357 e. The summed E-state index contributed by atoms with van der Waals surface area (Å²) < 4.78 is 0. The number of guanidine groups is 1. The Balaban J connectivity index is 0.00000338. The maximum atomic E-state index is 4.98. The van der Waals surface area contributed by atoms with Crippen LogP contribution in [0.2, 0.25) is 0 Å². The number of piperazine rings is 1. The quantitative estimate of drug-likeness (QED) is 0.346. The van der Waals surface area contributed by atoms with E-state index in [0.29, 0.717) is 5.92 Å². The molecular formula is C20H42IN5. The molecule has 2 heterocycles. The maximum Gasteiger partial charge on any atom is 0.193 e. The van der Waals surface area contributed by atoms with E-state index in [1.54, 1.807) is 0 Å². The number of rotatable bonds is 7. The highest BCUT2D eigenvalue weighted by molar-refractivity contribution is 14.0. The van der Waals surface area contributed by atoms with E-state index in [1.807, 2.05) is 0 Å². The van der Waals surface area contributed by atoms with Crippen LogP contribution in [0.4, 0.5) is 0 Å². The molecule has 0 aliphatic carbocycles. The van der Waals surface area contributed by atoms with Gasteiger partial charge in [0, 0.05) is 58.9 Å². The number of likely N-dealkylation sites (N-methyl/N-ethyl adjacent to an activating group) is 1. The summed E-state index contributed by atoms with van der Waals surface area (Å²) in [6.07, 6.45) is 2.66. The second-order valence-electron chi connectivity index (χ2n) is 8.63. The van der Waals surface area contributed by atoms with Gasteiger partial charge >= 0.3 is 0 Å². The van der Waals surface area contributed by atoms with Crippen LogP contribution in [0.25, 0.3) is 0 Å². The zero-order valence-corrected chi connectivity index (χ0v) is 20.0. The Bertz CT molecular complexity index is 407. The van der Waals surface area contributed by atoms with Crippen molar-refractivity contribution in [3.05, 3.63) is 0 Å². The summed E-state index contributed by atoms with van der Waals surface area (Å²) in [5.74, 6) is 3.39. The molecule has 5 nitrogen and oxygen atoms in total. The van der Waals surface area contributed by atoms with Crippen LogP contribution in [0.15, 0.2) is 4.99 Å². The molecule has 0 aromatic heterocycles. The molecule has 0 bridgehead atoms. The first kappa shape index (κ1) is 24.0. The fourth-order valence-corrected chi connectivity index (χ4v) is 4.08. The maximum absolute atomic E-state index is 4.98. The van der Waals surface area contributed by atoms with Crippen molar-refractivity contribution in [3.8, 4) is 0 Å². The second kappa shape index (κ2) is 12.4. The predicted molar refractivity (Wildman–Crippen MR) is 124 cm³/mol. The van der Waals surface area contributed by atoms with Crippen LogP contribution in [-0.2, 0) is 0 Å². The molecule has 0 aromatic carbocycles. The molecule has 0 spiro atoms. The van der Waals surface area contributed by atoms with Gasteiger partial charge in [-0.15, -0.1) is 24.0 Å². The van der Waals surface area contributed by atoms with Gasteiger partial charge in [0.15, 0.2) is 5.96 Å². The average molecular weight is 479 g/mol. The van der Waals surface area contributed by atoms with Crippen molar-refractivity contribution in [1.82, 2.24) is 20.0 Å². The van der Waals surface area contributed by atoms with E-state index in [0.717, 1.165) is 37.4 Å². The molecule has 154 valence electrons. The Hall–Kier alpha value is -0.0800. The van der Waals surface area contributed by atoms with E-state index < -0.39 is 0 Å². The lowest BCUT2D eigenvalue weighted by molar-refractivity contribution is 0.140. The minimum absolute atomic E-state index is 0. The highest BCUT2D eigenvalue weighted by Crippen LogP contribution is 2.23. The van der Waals surface area contributed by atoms with Crippen LogP contribution in [0.3, 0.4) is 0 Å². The van der Waals surface area contributed by atoms with Gasteiger partial charge in [-0.3, -0.25) is 4.99 Å². The fraction of sp³-hybridized carbons (Fsp3) is 0.950. The fourth-order valence-electron chi connectivity index (χ4n) is 4.08. The van der Waals surface area contributed by atoms with Crippen molar-refractivity contribution >= 4 is 29.9 Å². The van der Waals surface area contributed by atoms with Gasteiger partial charge in [-0.05, 0) is 44.6 Å². The molecule has 2 aliphatic rings. The van der Waals surface area contributed by atoms with Crippen molar-refractivity contribution < 1.29 is 0 Å². The Morgan fingerprint density at radius 1 is 1.12 bits per heavy atom. The predicted octanol–water partition coefficient (Wildman–Crippen LogP) is 2.82. The summed E-state index contributed by atoms with van der Waals surface area (Å²) in [6.45, 7) is 19.4. The molecule has 0 saturated carbocycles. The molecule has 2 unspecified atom stereocenters. The van der Waals surface area contributed by atoms with Gasteiger partial charge in [-0.1, -0.05) is 20.8 Å². The zero-order chi connectivity index (χ0) is 18.2. The number of nitrogens with one attached hydrogen (secondary N) is 1. The molecule has 0 aromatic rings. The molecule has 0 amide bonds. The van der Waals surface area contributed by atoms with Crippen LogP contribution in [-0.4, -0.2) is 86.6 Å². The number of hydrogen-bond donors (Lipinski definition) is 1. The lowest BCUT2D eigenvalue weighted by Gasteiger charge is -2.33. The third kappa shape index (κ3) is 8.30. The molecule has 2 aliphatic heterocycles.